The highest BCUT2D eigenvalue weighted by Crippen LogP contribution is 2.41. The lowest BCUT2D eigenvalue weighted by Crippen LogP contribution is -2.26. The Balaban J connectivity index is 1.95. The van der Waals surface area contributed by atoms with Crippen LogP contribution in [0.5, 0.6) is 11.5 Å². The molecule has 1 aromatic carbocycles. The normalized spacial score (nSPS) is 21.0. The van der Waals surface area contributed by atoms with Gasteiger partial charge in [-0.15, -0.1) is 0 Å². The summed E-state index contributed by atoms with van der Waals surface area (Å²) in [5.74, 6) is 1.58. The predicted molar refractivity (Wildman–Crippen MR) is 80.5 cm³/mol. The smallest absolute Gasteiger partial charge is 0.142 e. The second-order valence-corrected chi connectivity index (χ2v) is 5.67. The van der Waals surface area contributed by atoms with E-state index in [2.05, 4.69) is 23.4 Å². The third-order valence-electron chi connectivity index (χ3n) is 3.94. The van der Waals surface area contributed by atoms with E-state index in [9.17, 15) is 0 Å². The molecule has 5 heteroatoms. The highest BCUT2D eigenvalue weighted by molar-refractivity contribution is 5.44. The Morgan fingerprint density at radius 1 is 1.43 bits per heavy atom. The van der Waals surface area contributed by atoms with E-state index in [1.807, 2.05) is 30.7 Å². The molecule has 1 aliphatic heterocycles. The molecule has 0 bridgehead atoms. The Bertz CT molecular complexity index is 636. The molecule has 2 unspecified atom stereocenters. The third-order valence-corrected chi connectivity index (χ3v) is 3.94. The average molecular weight is 287 g/mol. The number of rotatable bonds is 3. The van der Waals surface area contributed by atoms with Crippen LogP contribution in [0.25, 0.3) is 0 Å². The van der Waals surface area contributed by atoms with Crippen molar-refractivity contribution in [3.8, 4) is 11.5 Å². The van der Waals surface area contributed by atoms with Gasteiger partial charge in [-0.2, -0.15) is 0 Å². The number of methoxy groups -OCH3 is 1. The van der Waals surface area contributed by atoms with Crippen LogP contribution in [0.1, 0.15) is 49.7 Å². The molecule has 2 N–H and O–H groups in total. The summed E-state index contributed by atoms with van der Waals surface area (Å²) < 4.78 is 13.6. The van der Waals surface area contributed by atoms with Gasteiger partial charge in [-0.1, -0.05) is 6.07 Å². The van der Waals surface area contributed by atoms with Crippen LogP contribution in [0.2, 0.25) is 0 Å². The quantitative estimate of drug-likeness (QED) is 0.942. The first-order valence-corrected chi connectivity index (χ1v) is 7.22. The molecule has 2 atom stereocenters. The van der Waals surface area contributed by atoms with Gasteiger partial charge < -0.3 is 19.8 Å². The van der Waals surface area contributed by atoms with Gasteiger partial charge in [-0.3, -0.25) is 0 Å². The van der Waals surface area contributed by atoms with Crippen molar-refractivity contribution in [2.45, 2.75) is 38.5 Å². The molecule has 2 aromatic rings. The van der Waals surface area contributed by atoms with Crippen LogP contribution < -0.4 is 15.2 Å². The second kappa shape index (κ2) is 5.41. The number of hydrogen-bond acceptors (Lipinski definition) is 4. The van der Waals surface area contributed by atoms with Crippen molar-refractivity contribution in [3.05, 3.63) is 42.0 Å². The Morgan fingerprint density at radius 2 is 2.24 bits per heavy atom. The zero-order chi connectivity index (χ0) is 15.0. The summed E-state index contributed by atoms with van der Waals surface area (Å²) in [6.45, 7) is 4.26. The van der Waals surface area contributed by atoms with Gasteiger partial charge in [-0.25, -0.2) is 4.98 Å². The number of fused-ring (bicyclic) bond motifs is 1. The van der Waals surface area contributed by atoms with Gasteiger partial charge in [0.1, 0.15) is 17.6 Å². The monoisotopic (exact) mass is 287 g/mol. The standard InChI is InChI=1S/C16H21N3O2/c1-10(2)19-9-18-8-14(19)16-7-13(17)12-5-4-11(20-3)6-15(12)21-16/h4-6,8-10,13,16H,7,17H2,1-3H3. The minimum absolute atomic E-state index is 0.0415. The molecule has 0 saturated heterocycles. The Morgan fingerprint density at radius 3 is 2.95 bits per heavy atom. The van der Waals surface area contributed by atoms with E-state index >= 15 is 0 Å². The Hall–Kier alpha value is -2.01. The molecular formula is C16H21N3O2. The van der Waals surface area contributed by atoms with E-state index in [0.29, 0.717) is 6.04 Å². The number of imidazole rings is 1. The molecule has 1 aliphatic rings. The van der Waals surface area contributed by atoms with Crippen molar-refractivity contribution < 1.29 is 9.47 Å². The summed E-state index contributed by atoms with van der Waals surface area (Å²) in [5, 5.41) is 0. The van der Waals surface area contributed by atoms with Gasteiger partial charge in [0.2, 0.25) is 0 Å². The fraction of sp³-hybridized carbons (Fsp3) is 0.438. The van der Waals surface area contributed by atoms with E-state index in [0.717, 1.165) is 29.2 Å². The van der Waals surface area contributed by atoms with Crippen LogP contribution in [0.4, 0.5) is 0 Å². The molecule has 0 saturated carbocycles. The summed E-state index contributed by atoms with van der Waals surface area (Å²) in [7, 11) is 1.65. The van der Waals surface area contributed by atoms with Gasteiger partial charge >= 0.3 is 0 Å². The lowest BCUT2D eigenvalue weighted by atomic mass is 9.95. The van der Waals surface area contributed by atoms with Crippen LogP contribution in [-0.2, 0) is 0 Å². The predicted octanol–water partition coefficient (Wildman–Crippen LogP) is 3.00. The number of nitrogens with zero attached hydrogens (tertiary/aromatic N) is 2. The van der Waals surface area contributed by atoms with E-state index in [4.69, 9.17) is 15.2 Å². The molecular weight excluding hydrogens is 266 g/mol. The molecule has 5 nitrogen and oxygen atoms in total. The van der Waals surface area contributed by atoms with Gasteiger partial charge in [0.15, 0.2) is 0 Å². The van der Waals surface area contributed by atoms with Crippen molar-refractivity contribution in [2.24, 2.45) is 5.73 Å². The van der Waals surface area contributed by atoms with Crippen LogP contribution >= 0.6 is 0 Å². The molecule has 0 spiro atoms. The molecule has 112 valence electrons. The number of benzene rings is 1. The summed E-state index contributed by atoms with van der Waals surface area (Å²) in [5.41, 5.74) is 8.40. The van der Waals surface area contributed by atoms with Crippen molar-refractivity contribution >= 4 is 0 Å². The van der Waals surface area contributed by atoms with Crippen molar-refractivity contribution in [3.63, 3.8) is 0 Å². The summed E-state index contributed by atoms with van der Waals surface area (Å²) in [6.07, 6.45) is 4.38. The minimum atomic E-state index is -0.0792. The molecule has 0 radical (unpaired) electrons. The summed E-state index contributed by atoms with van der Waals surface area (Å²) in [6, 6.07) is 6.10. The molecule has 0 amide bonds. The molecule has 2 heterocycles. The first kappa shape index (κ1) is 13.9. The van der Waals surface area contributed by atoms with Gasteiger partial charge in [0.25, 0.3) is 0 Å². The van der Waals surface area contributed by atoms with Gasteiger partial charge in [-0.05, 0) is 19.9 Å². The highest BCUT2D eigenvalue weighted by Gasteiger charge is 2.29. The maximum Gasteiger partial charge on any atom is 0.142 e. The second-order valence-electron chi connectivity index (χ2n) is 5.67. The topological polar surface area (TPSA) is 62.3 Å². The maximum absolute atomic E-state index is 6.31. The third kappa shape index (κ3) is 2.49. The van der Waals surface area contributed by atoms with Gasteiger partial charge in [0.05, 0.1) is 25.3 Å². The van der Waals surface area contributed by atoms with Crippen molar-refractivity contribution in [1.82, 2.24) is 9.55 Å². The minimum Gasteiger partial charge on any atom is -0.497 e. The SMILES string of the molecule is COc1ccc2c(c1)OC(c1cncn1C(C)C)CC2N. The first-order valence-electron chi connectivity index (χ1n) is 7.22. The molecule has 0 fully saturated rings. The van der Waals surface area contributed by atoms with E-state index in [1.165, 1.54) is 0 Å². The average Bonchev–Trinajstić information content (AvgIpc) is 2.96. The van der Waals surface area contributed by atoms with E-state index in [1.54, 1.807) is 7.11 Å². The highest BCUT2D eigenvalue weighted by atomic mass is 16.5. The zero-order valence-electron chi connectivity index (χ0n) is 12.6. The van der Waals surface area contributed by atoms with Crippen LogP contribution in [0, 0.1) is 0 Å². The van der Waals surface area contributed by atoms with Crippen molar-refractivity contribution in [1.29, 1.82) is 0 Å². The zero-order valence-corrected chi connectivity index (χ0v) is 12.6. The number of aromatic nitrogens is 2. The largest absolute Gasteiger partial charge is 0.497 e. The lowest BCUT2D eigenvalue weighted by Gasteiger charge is -2.31. The van der Waals surface area contributed by atoms with E-state index < -0.39 is 0 Å². The lowest BCUT2D eigenvalue weighted by molar-refractivity contribution is 0.151. The molecule has 21 heavy (non-hydrogen) atoms. The van der Waals surface area contributed by atoms with Crippen LogP contribution in [0.15, 0.2) is 30.7 Å². The van der Waals surface area contributed by atoms with Gasteiger partial charge in [0, 0.05) is 30.1 Å². The molecule has 1 aromatic heterocycles. The fourth-order valence-corrected chi connectivity index (χ4v) is 2.79. The van der Waals surface area contributed by atoms with Crippen LogP contribution in [0.3, 0.4) is 0 Å². The number of ether oxygens (including phenoxy) is 2. The first-order chi connectivity index (χ1) is 10.1. The van der Waals surface area contributed by atoms with E-state index in [-0.39, 0.29) is 12.1 Å². The Labute approximate surface area is 124 Å². The van der Waals surface area contributed by atoms with Crippen molar-refractivity contribution in [2.75, 3.05) is 7.11 Å². The fourth-order valence-electron chi connectivity index (χ4n) is 2.79. The Kier molecular flexibility index (Phi) is 3.59. The molecule has 0 aliphatic carbocycles. The maximum atomic E-state index is 6.31. The summed E-state index contributed by atoms with van der Waals surface area (Å²) >= 11 is 0. The number of hydrogen-bond donors (Lipinski definition) is 1. The molecule has 3 rings (SSSR count). The van der Waals surface area contributed by atoms with Crippen LogP contribution in [-0.4, -0.2) is 16.7 Å². The number of nitrogens with two attached hydrogens (primary N) is 1. The summed E-state index contributed by atoms with van der Waals surface area (Å²) in [4.78, 5) is 4.25.